The molecule has 0 spiro atoms. The number of anilines is 1. The summed E-state index contributed by atoms with van der Waals surface area (Å²) >= 11 is 7.20. The molecule has 0 radical (unpaired) electrons. The van der Waals surface area contributed by atoms with E-state index in [0.29, 0.717) is 10.8 Å². The summed E-state index contributed by atoms with van der Waals surface area (Å²) in [5.74, 6) is 0.487. The Balaban J connectivity index is 2.30. The highest BCUT2D eigenvalue weighted by Crippen LogP contribution is 2.29. The maximum atomic E-state index is 11.6. The average molecular weight is 272 g/mol. The van der Waals surface area contributed by atoms with Gasteiger partial charge < -0.3 is 0 Å². The normalized spacial score (nSPS) is 10.5. The van der Waals surface area contributed by atoms with E-state index in [1.807, 2.05) is 6.07 Å². The van der Waals surface area contributed by atoms with Gasteiger partial charge in [0.05, 0.1) is 11.8 Å². The molecule has 0 aliphatic carbocycles. The van der Waals surface area contributed by atoms with Crippen LogP contribution in [0, 0.1) is 0 Å². The fraction of sp³-hybridized carbons (Fsp3) is 0.200. The molecule has 1 heterocycles. The van der Waals surface area contributed by atoms with Crippen molar-refractivity contribution in [3.63, 3.8) is 0 Å². The van der Waals surface area contributed by atoms with Gasteiger partial charge in [-0.1, -0.05) is 11.6 Å². The SMILES string of the molecule is CON(C)C(=O)Nc1nsc2ccc(Cl)cc12. The molecule has 0 unspecified atom stereocenters. The van der Waals surface area contributed by atoms with Crippen molar-refractivity contribution in [1.82, 2.24) is 9.44 Å². The fourth-order valence-corrected chi connectivity index (χ4v) is 2.15. The predicted octanol–water partition coefficient (Wildman–Crippen LogP) is 2.97. The summed E-state index contributed by atoms with van der Waals surface area (Å²) in [7, 11) is 2.92. The van der Waals surface area contributed by atoms with Crippen molar-refractivity contribution < 1.29 is 9.63 Å². The fourth-order valence-electron chi connectivity index (χ4n) is 1.26. The molecule has 17 heavy (non-hydrogen) atoms. The molecule has 2 aromatic rings. The van der Waals surface area contributed by atoms with Crippen LogP contribution in [0.4, 0.5) is 10.6 Å². The molecule has 0 saturated heterocycles. The second-order valence-corrected chi connectivity index (χ2v) is 4.52. The summed E-state index contributed by atoms with van der Waals surface area (Å²) in [6, 6.07) is 5.03. The van der Waals surface area contributed by atoms with Crippen molar-refractivity contribution >= 4 is 45.1 Å². The number of hydrogen-bond acceptors (Lipinski definition) is 4. The standard InChI is InChI=1S/C10H10ClN3O2S/c1-14(16-2)10(15)12-9-7-5-6(11)3-4-8(7)17-13-9/h3-5H,1-2H3,(H,12,13,15). The largest absolute Gasteiger partial charge is 0.346 e. The first-order valence-electron chi connectivity index (χ1n) is 4.75. The van der Waals surface area contributed by atoms with Crippen LogP contribution < -0.4 is 5.32 Å². The van der Waals surface area contributed by atoms with Gasteiger partial charge in [-0.3, -0.25) is 10.2 Å². The van der Waals surface area contributed by atoms with Crippen LogP contribution in [0.15, 0.2) is 18.2 Å². The van der Waals surface area contributed by atoms with Crippen LogP contribution in [0.2, 0.25) is 5.02 Å². The monoisotopic (exact) mass is 271 g/mol. The Morgan fingerprint density at radius 1 is 1.59 bits per heavy atom. The minimum Gasteiger partial charge on any atom is -0.289 e. The Kier molecular flexibility index (Phi) is 3.46. The first kappa shape index (κ1) is 12.1. The van der Waals surface area contributed by atoms with Crippen LogP contribution in [0.5, 0.6) is 0 Å². The molecule has 1 aromatic carbocycles. The van der Waals surface area contributed by atoms with E-state index in [0.717, 1.165) is 15.1 Å². The van der Waals surface area contributed by atoms with Crippen LogP contribution in [-0.4, -0.2) is 29.6 Å². The predicted molar refractivity (Wildman–Crippen MR) is 68.4 cm³/mol. The molecule has 0 fully saturated rings. The summed E-state index contributed by atoms with van der Waals surface area (Å²) < 4.78 is 5.12. The Morgan fingerprint density at radius 3 is 3.06 bits per heavy atom. The highest BCUT2D eigenvalue weighted by atomic mass is 35.5. The molecule has 5 nitrogen and oxygen atoms in total. The first-order chi connectivity index (χ1) is 8.11. The van der Waals surface area contributed by atoms with Gasteiger partial charge in [0.15, 0.2) is 5.82 Å². The van der Waals surface area contributed by atoms with E-state index in [9.17, 15) is 4.79 Å². The molecule has 2 rings (SSSR count). The molecular formula is C10H10ClN3O2S. The number of urea groups is 1. The van der Waals surface area contributed by atoms with Crippen molar-refractivity contribution in [1.29, 1.82) is 0 Å². The van der Waals surface area contributed by atoms with Crippen molar-refractivity contribution in [3.05, 3.63) is 23.2 Å². The second-order valence-electron chi connectivity index (χ2n) is 3.28. The Bertz CT molecular complexity index is 557. The number of halogens is 1. The van der Waals surface area contributed by atoms with Gasteiger partial charge in [0.25, 0.3) is 0 Å². The molecule has 0 atom stereocenters. The van der Waals surface area contributed by atoms with Gasteiger partial charge in [-0.15, -0.1) is 0 Å². The number of amides is 2. The van der Waals surface area contributed by atoms with Gasteiger partial charge in [0.1, 0.15) is 0 Å². The summed E-state index contributed by atoms with van der Waals surface area (Å²) in [4.78, 5) is 16.4. The van der Waals surface area contributed by atoms with E-state index in [1.54, 1.807) is 12.1 Å². The van der Waals surface area contributed by atoms with Gasteiger partial charge in [-0.2, -0.15) is 4.37 Å². The smallest absolute Gasteiger partial charge is 0.289 e. The summed E-state index contributed by atoms with van der Waals surface area (Å²) in [6.45, 7) is 0. The summed E-state index contributed by atoms with van der Waals surface area (Å²) in [6.07, 6.45) is 0. The lowest BCUT2D eigenvalue weighted by atomic mass is 10.2. The quantitative estimate of drug-likeness (QED) is 0.855. The van der Waals surface area contributed by atoms with E-state index in [-0.39, 0.29) is 6.03 Å². The Labute approximate surface area is 107 Å². The van der Waals surface area contributed by atoms with Crippen LogP contribution in [0.3, 0.4) is 0 Å². The minimum absolute atomic E-state index is 0.389. The third kappa shape index (κ3) is 2.49. The van der Waals surface area contributed by atoms with Gasteiger partial charge in [-0.25, -0.2) is 9.86 Å². The highest BCUT2D eigenvalue weighted by molar-refractivity contribution is 7.13. The number of hydroxylamine groups is 2. The van der Waals surface area contributed by atoms with Crippen LogP contribution in [-0.2, 0) is 4.84 Å². The van der Waals surface area contributed by atoms with Crippen molar-refractivity contribution in [2.24, 2.45) is 0 Å². The second kappa shape index (κ2) is 4.87. The zero-order valence-electron chi connectivity index (χ0n) is 9.23. The number of aromatic nitrogens is 1. The zero-order chi connectivity index (χ0) is 12.4. The van der Waals surface area contributed by atoms with E-state index < -0.39 is 0 Å². The molecule has 1 aromatic heterocycles. The zero-order valence-corrected chi connectivity index (χ0v) is 10.8. The third-order valence-electron chi connectivity index (χ3n) is 2.22. The minimum atomic E-state index is -0.389. The number of rotatable bonds is 2. The number of nitrogens with one attached hydrogen (secondary N) is 1. The molecule has 1 N–H and O–H groups in total. The number of carbonyl (C=O) groups excluding carboxylic acids is 1. The van der Waals surface area contributed by atoms with Crippen LogP contribution in [0.1, 0.15) is 0 Å². The molecule has 0 bridgehead atoms. The van der Waals surface area contributed by atoms with E-state index in [4.69, 9.17) is 16.4 Å². The molecule has 0 aliphatic heterocycles. The lowest BCUT2D eigenvalue weighted by Gasteiger charge is -2.13. The summed E-state index contributed by atoms with van der Waals surface area (Å²) in [5, 5.41) is 5.15. The molecule has 2 amide bonds. The molecule has 90 valence electrons. The third-order valence-corrected chi connectivity index (χ3v) is 3.28. The summed E-state index contributed by atoms with van der Waals surface area (Å²) in [5.41, 5.74) is 0. The number of hydrogen-bond donors (Lipinski definition) is 1. The number of fused-ring (bicyclic) bond motifs is 1. The van der Waals surface area contributed by atoms with Crippen molar-refractivity contribution in [3.8, 4) is 0 Å². The molecule has 0 aliphatic rings. The maximum absolute atomic E-state index is 11.6. The van der Waals surface area contributed by atoms with Crippen molar-refractivity contribution in [2.45, 2.75) is 0 Å². The van der Waals surface area contributed by atoms with Gasteiger partial charge in [0.2, 0.25) is 0 Å². The molecule has 7 heteroatoms. The lowest BCUT2D eigenvalue weighted by molar-refractivity contribution is -0.0598. The highest BCUT2D eigenvalue weighted by Gasteiger charge is 2.12. The van der Waals surface area contributed by atoms with Crippen LogP contribution >= 0.6 is 23.1 Å². The average Bonchev–Trinajstić information content (AvgIpc) is 2.71. The van der Waals surface area contributed by atoms with E-state index in [2.05, 4.69) is 9.69 Å². The van der Waals surface area contributed by atoms with Gasteiger partial charge in [-0.05, 0) is 29.7 Å². The lowest BCUT2D eigenvalue weighted by Crippen LogP contribution is -2.30. The number of carbonyl (C=O) groups is 1. The Hall–Kier alpha value is -1.37. The van der Waals surface area contributed by atoms with Crippen LogP contribution in [0.25, 0.3) is 10.1 Å². The van der Waals surface area contributed by atoms with Crippen molar-refractivity contribution in [2.75, 3.05) is 19.5 Å². The number of benzene rings is 1. The van der Waals surface area contributed by atoms with Gasteiger partial charge >= 0.3 is 6.03 Å². The van der Waals surface area contributed by atoms with Gasteiger partial charge in [0, 0.05) is 17.5 Å². The number of nitrogens with zero attached hydrogens (tertiary/aromatic N) is 2. The van der Waals surface area contributed by atoms with E-state index in [1.165, 1.54) is 25.7 Å². The maximum Gasteiger partial charge on any atom is 0.346 e. The molecule has 0 saturated carbocycles. The topological polar surface area (TPSA) is 54.5 Å². The first-order valence-corrected chi connectivity index (χ1v) is 5.90. The molecular weight excluding hydrogens is 262 g/mol. The Morgan fingerprint density at radius 2 is 2.35 bits per heavy atom. The van der Waals surface area contributed by atoms with E-state index >= 15 is 0 Å².